The zero-order valence-corrected chi connectivity index (χ0v) is 11.7. The Bertz CT molecular complexity index is 364. The summed E-state index contributed by atoms with van der Waals surface area (Å²) in [6, 6.07) is 2.36. The van der Waals surface area contributed by atoms with Crippen LogP contribution in [0.15, 0.2) is 12.3 Å². The topological polar surface area (TPSA) is 60.9 Å². The molecule has 5 heteroatoms. The number of nitrogens with zero attached hydrogens (tertiary/aromatic N) is 2. The first-order chi connectivity index (χ1) is 8.08. The van der Waals surface area contributed by atoms with Crippen LogP contribution in [0.1, 0.15) is 45.3 Å². The summed E-state index contributed by atoms with van der Waals surface area (Å²) >= 11 is 0. The molecule has 0 aromatic carbocycles. The highest BCUT2D eigenvalue weighted by Gasteiger charge is 2.13. The number of hydrogen-bond acceptors (Lipinski definition) is 3. The third kappa shape index (κ3) is 4.24. The lowest BCUT2D eigenvalue weighted by molar-refractivity contribution is 0.475. The Morgan fingerprint density at radius 1 is 1.53 bits per heavy atom. The van der Waals surface area contributed by atoms with Gasteiger partial charge in [-0.3, -0.25) is 8.89 Å². The molecule has 1 aromatic heterocycles. The molecule has 4 nitrogen and oxygen atoms in total. The van der Waals surface area contributed by atoms with E-state index in [2.05, 4.69) is 18.9 Å². The van der Waals surface area contributed by atoms with E-state index in [1.54, 1.807) is 0 Å². The van der Waals surface area contributed by atoms with Crippen LogP contribution in [0.5, 0.6) is 0 Å². The maximum atomic E-state index is 12.0. The van der Waals surface area contributed by atoms with Crippen molar-refractivity contribution in [1.82, 2.24) is 9.78 Å². The van der Waals surface area contributed by atoms with Crippen molar-refractivity contribution in [2.45, 2.75) is 50.7 Å². The van der Waals surface area contributed by atoms with Crippen LogP contribution >= 0.6 is 0 Å². The molecule has 1 aromatic rings. The minimum Gasteiger partial charge on any atom is -0.330 e. The molecule has 1 rings (SSSR count). The Kier molecular flexibility index (Phi) is 5.85. The van der Waals surface area contributed by atoms with Gasteiger partial charge in [-0.25, -0.2) is 0 Å². The van der Waals surface area contributed by atoms with Gasteiger partial charge in [0.2, 0.25) is 0 Å². The molecule has 3 unspecified atom stereocenters. The maximum Gasteiger partial charge on any atom is 0.0749 e. The first kappa shape index (κ1) is 14.4. The lowest BCUT2D eigenvalue weighted by Crippen LogP contribution is -2.17. The molecular formula is C12H23N3OS. The molecule has 0 amide bonds. The summed E-state index contributed by atoms with van der Waals surface area (Å²) in [4.78, 5) is 0. The maximum absolute atomic E-state index is 12.0. The van der Waals surface area contributed by atoms with Gasteiger partial charge in [-0.2, -0.15) is 5.10 Å². The molecule has 0 radical (unpaired) electrons. The van der Waals surface area contributed by atoms with Gasteiger partial charge in [0.15, 0.2) is 0 Å². The highest BCUT2D eigenvalue weighted by molar-refractivity contribution is 7.84. The number of rotatable bonds is 7. The van der Waals surface area contributed by atoms with E-state index in [9.17, 15) is 4.21 Å². The van der Waals surface area contributed by atoms with Crippen LogP contribution in [-0.2, 0) is 16.6 Å². The van der Waals surface area contributed by atoms with E-state index >= 15 is 0 Å². The molecule has 0 aliphatic heterocycles. The summed E-state index contributed by atoms with van der Waals surface area (Å²) < 4.78 is 13.9. The van der Waals surface area contributed by atoms with Gasteiger partial charge in [0.25, 0.3) is 0 Å². The zero-order valence-electron chi connectivity index (χ0n) is 10.9. The molecule has 2 N–H and O–H groups in total. The van der Waals surface area contributed by atoms with Crippen molar-refractivity contribution in [1.29, 1.82) is 0 Å². The van der Waals surface area contributed by atoms with Gasteiger partial charge in [-0.1, -0.05) is 13.8 Å². The van der Waals surface area contributed by atoms with E-state index < -0.39 is 10.8 Å². The van der Waals surface area contributed by atoms with Crippen LogP contribution in [0.3, 0.4) is 0 Å². The van der Waals surface area contributed by atoms with E-state index in [1.807, 2.05) is 23.9 Å². The highest BCUT2D eigenvalue weighted by Crippen LogP contribution is 2.12. The van der Waals surface area contributed by atoms with Gasteiger partial charge in [-0.15, -0.1) is 0 Å². The second-order valence-corrected chi connectivity index (χ2v) is 6.31. The van der Waals surface area contributed by atoms with E-state index in [1.165, 1.54) is 0 Å². The van der Waals surface area contributed by atoms with E-state index in [0.29, 0.717) is 18.3 Å². The lowest BCUT2D eigenvalue weighted by Gasteiger charge is -2.09. The minimum absolute atomic E-state index is 0.147. The van der Waals surface area contributed by atoms with Crippen LogP contribution in [0.25, 0.3) is 0 Å². The van der Waals surface area contributed by atoms with Gasteiger partial charge in [0.05, 0.1) is 11.4 Å². The third-order valence-electron chi connectivity index (χ3n) is 3.02. The van der Waals surface area contributed by atoms with Crippen molar-refractivity contribution in [2.24, 2.45) is 5.73 Å². The average molecular weight is 257 g/mol. The summed E-state index contributed by atoms with van der Waals surface area (Å²) in [7, 11) is -0.873. The van der Waals surface area contributed by atoms with Crippen LogP contribution < -0.4 is 5.73 Å². The second kappa shape index (κ2) is 6.91. The molecule has 3 atom stereocenters. The monoisotopic (exact) mass is 257 g/mol. The van der Waals surface area contributed by atoms with Crippen LogP contribution in [-0.4, -0.2) is 25.8 Å². The minimum atomic E-state index is -0.873. The van der Waals surface area contributed by atoms with Crippen LogP contribution in [0.4, 0.5) is 0 Å². The molecule has 0 bridgehead atoms. The molecule has 17 heavy (non-hydrogen) atoms. The lowest BCUT2D eigenvalue weighted by atomic mass is 10.3. The number of aromatic nitrogens is 2. The quantitative estimate of drug-likeness (QED) is 0.811. The van der Waals surface area contributed by atoms with Crippen molar-refractivity contribution in [3.05, 3.63) is 18.0 Å². The molecule has 1 heterocycles. The van der Waals surface area contributed by atoms with Gasteiger partial charge in [0.1, 0.15) is 0 Å². The summed E-state index contributed by atoms with van der Waals surface area (Å²) in [5.41, 5.74) is 6.38. The molecule has 0 saturated heterocycles. The van der Waals surface area contributed by atoms with Crippen molar-refractivity contribution >= 4 is 10.8 Å². The average Bonchev–Trinajstić information content (AvgIpc) is 2.76. The van der Waals surface area contributed by atoms with Gasteiger partial charge < -0.3 is 5.73 Å². The fourth-order valence-electron chi connectivity index (χ4n) is 1.54. The summed E-state index contributed by atoms with van der Waals surface area (Å²) in [6.07, 6.45) is 3.82. The van der Waals surface area contributed by atoms with E-state index in [4.69, 9.17) is 5.73 Å². The third-order valence-corrected chi connectivity index (χ3v) is 4.73. The fourth-order valence-corrected chi connectivity index (χ4v) is 2.67. The second-order valence-electron chi connectivity index (χ2n) is 4.46. The molecular weight excluding hydrogens is 234 g/mol. The van der Waals surface area contributed by atoms with E-state index in [0.717, 1.165) is 18.5 Å². The first-order valence-corrected chi connectivity index (χ1v) is 7.58. The Hall–Kier alpha value is -0.680. The largest absolute Gasteiger partial charge is 0.330 e. The molecule has 0 spiro atoms. The first-order valence-electron chi connectivity index (χ1n) is 6.19. The smallest absolute Gasteiger partial charge is 0.0749 e. The van der Waals surface area contributed by atoms with Crippen LogP contribution in [0, 0.1) is 0 Å². The predicted octanol–water partition coefficient (Wildman–Crippen LogP) is 1.84. The standard InChI is InChI=1S/C12H23N3OS/c1-4-10(2)15-8-6-12(14-15)9-17(16)11(3)5-7-13/h6,8,10-11H,4-5,7,9,13H2,1-3H3. The van der Waals surface area contributed by atoms with Crippen LogP contribution in [0.2, 0.25) is 0 Å². The molecule has 0 fully saturated rings. The van der Waals surface area contributed by atoms with E-state index in [-0.39, 0.29) is 5.25 Å². The predicted molar refractivity (Wildman–Crippen MR) is 72.2 cm³/mol. The van der Waals surface area contributed by atoms with Crippen molar-refractivity contribution < 1.29 is 4.21 Å². The van der Waals surface area contributed by atoms with Crippen molar-refractivity contribution in [3.63, 3.8) is 0 Å². The fraction of sp³-hybridized carbons (Fsp3) is 0.750. The number of nitrogens with two attached hydrogens (primary N) is 1. The highest BCUT2D eigenvalue weighted by atomic mass is 32.2. The Morgan fingerprint density at radius 2 is 2.24 bits per heavy atom. The molecule has 0 aliphatic rings. The number of hydrogen-bond donors (Lipinski definition) is 1. The van der Waals surface area contributed by atoms with Crippen molar-refractivity contribution in [3.8, 4) is 0 Å². The molecule has 0 saturated carbocycles. The molecule has 0 aliphatic carbocycles. The van der Waals surface area contributed by atoms with Gasteiger partial charge in [0, 0.05) is 28.3 Å². The Balaban J connectivity index is 2.57. The Morgan fingerprint density at radius 3 is 2.82 bits per heavy atom. The Labute approximate surface area is 106 Å². The SMILES string of the molecule is CCC(C)n1ccc(CS(=O)C(C)CCN)n1. The molecule has 98 valence electrons. The summed E-state index contributed by atoms with van der Waals surface area (Å²) in [5.74, 6) is 0.532. The van der Waals surface area contributed by atoms with Crippen molar-refractivity contribution in [2.75, 3.05) is 6.54 Å². The zero-order chi connectivity index (χ0) is 12.8. The summed E-state index contributed by atoms with van der Waals surface area (Å²) in [6.45, 7) is 6.83. The summed E-state index contributed by atoms with van der Waals surface area (Å²) in [5, 5.41) is 4.60. The van der Waals surface area contributed by atoms with Gasteiger partial charge in [-0.05, 0) is 32.4 Å². The van der Waals surface area contributed by atoms with Gasteiger partial charge >= 0.3 is 0 Å². The normalized spacial score (nSPS) is 16.7.